The largest absolute Gasteiger partial charge is 0.462 e. The first-order chi connectivity index (χ1) is 32.0. The molecule has 16 heteroatoms. The Morgan fingerprint density at radius 1 is 0.912 bits per heavy atom. The average molecular weight is 962 g/mol. The molecule has 16 atom stereocenters. The zero-order chi connectivity index (χ0) is 50.5. The lowest BCUT2D eigenvalue weighted by Gasteiger charge is -2.50. The summed E-state index contributed by atoms with van der Waals surface area (Å²) in [4.78, 5) is 45.5. The first-order valence-corrected chi connectivity index (χ1v) is 24.8. The molecule has 0 amide bonds. The lowest BCUT2D eigenvalue weighted by Crippen LogP contribution is -2.66. The lowest BCUT2D eigenvalue weighted by atomic mass is 9.81. The quantitative estimate of drug-likeness (QED) is 0.109. The van der Waals surface area contributed by atoms with Gasteiger partial charge >= 0.3 is 17.9 Å². The molecule has 0 aromatic heterocycles. The molecule has 0 radical (unpaired) electrons. The fraction of sp³-hybridized carbons (Fsp3) is 0.788. The fourth-order valence-electron chi connectivity index (χ4n) is 10.3. The highest BCUT2D eigenvalue weighted by Gasteiger charge is 2.53. The molecule has 0 saturated carbocycles. The van der Waals surface area contributed by atoms with Crippen molar-refractivity contribution in [1.82, 2.24) is 14.7 Å². The van der Waals surface area contributed by atoms with Gasteiger partial charge in [-0.15, -0.1) is 0 Å². The second kappa shape index (κ2) is 27.0. The Kier molecular flexibility index (Phi) is 22.8. The van der Waals surface area contributed by atoms with Crippen LogP contribution in [0.15, 0.2) is 42.5 Å². The maximum Gasteiger partial charge on any atom is 0.309 e. The number of hydrogen-bond donors (Lipinski definition) is 2. The summed E-state index contributed by atoms with van der Waals surface area (Å²) in [6, 6.07) is 9.74. The lowest BCUT2D eigenvalue weighted by molar-refractivity contribution is -0.344. The molecule has 0 aliphatic carbocycles. The van der Waals surface area contributed by atoms with Crippen molar-refractivity contribution in [3.8, 4) is 0 Å². The second-order valence-electron chi connectivity index (χ2n) is 20.8. The summed E-state index contributed by atoms with van der Waals surface area (Å²) >= 11 is 0. The van der Waals surface area contributed by atoms with E-state index in [2.05, 4.69) is 60.2 Å². The van der Waals surface area contributed by atoms with Crippen molar-refractivity contribution in [2.24, 2.45) is 17.8 Å². The molecule has 2 fully saturated rings. The molecule has 3 aliphatic rings. The first-order valence-electron chi connectivity index (χ1n) is 24.8. The molecule has 1 unspecified atom stereocenters. The molecule has 3 heterocycles. The average Bonchev–Trinajstić information content (AvgIpc) is 3.23. The summed E-state index contributed by atoms with van der Waals surface area (Å²) in [6.45, 7) is 15.9. The number of benzene rings is 1. The van der Waals surface area contributed by atoms with Crippen LogP contribution >= 0.6 is 0 Å². The number of carbonyl (C=O) groups is 3. The third kappa shape index (κ3) is 17.1. The van der Waals surface area contributed by atoms with Crippen molar-refractivity contribution < 1.29 is 62.5 Å². The van der Waals surface area contributed by atoms with Crippen LogP contribution in [0.5, 0.6) is 0 Å². The molecule has 0 spiro atoms. The maximum atomic E-state index is 13.6. The zero-order valence-corrected chi connectivity index (χ0v) is 43.6. The SMILES string of the molecule is CO[C@@H]1[C@@H](O[C@@H]2O[C@H](C)C(O[C@H]3C[C@@](C)(O)[C@@H](OC(=O)CC(C)C)[C@H](C)O3)[C@H](N(C)C)[C@H]2O)[C@@H](CCN(C)CCCc2ccccc2)C[C@@H](C)[C@@H](N(C)C)/C=C/C[C@@H](C)OC(=O)C[C@H]1OC(C)=O. The van der Waals surface area contributed by atoms with Crippen molar-refractivity contribution >= 4 is 17.9 Å². The molecular formula is C52H87N3O13. The predicted molar refractivity (Wildman–Crippen MR) is 258 cm³/mol. The van der Waals surface area contributed by atoms with E-state index in [1.165, 1.54) is 19.6 Å². The van der Waals surface area contributed by atoms with Crippen LogP contribution in [0.1, 0.15) is 106 Å². The molecule has 2 saturated heterocycles. The van der Waals surface area contributed by atoms with Crippen molar-refractivity contribution in [1.29, 1.82) is 0 Å². The van der Waals surface area contributed by atoms with Gasteiger partial charge in [0.25, 0.3) is 0 Å². The number of aryl methyl sites for hydroxylation is 1. The third-order valence-electron chi connectivity index (χ3n) is 13.6. The number of methoxy groups -OCH3 is 1. The molecular weight excluding hydrogens is 875 g/mol. The van der Waals surface area contributed by atoms with Gasteiger partial charge in [-0.2, -0.15) is 0 Å². The Morgan fingerprint density at radius 3 is 2.21 bits per heavy atom. The van der Waals surface area contributed by atoms with Crippen LogP contribution in [0.4, 0.5) is 0 Å². The Hall–Kier alpha value is -3.03. The normalized spacial score (nSPS) is 36.1. The molecule has 3 aliphatic heterocycles. The van der Waals surface area contributed by atoms with Crippen LogP contribution in [0.25, 0.3) is 0 Å². The van der Waals surface area contributed by atoms with E-state index in [4.69, 9.17) is 37.9 Å². The number of carbonyl (C=O) groups excluding carboxylic acids is 3. The molecule has 68 heavy (non-hydrogen) atoms. The number of nitrogens with zero attached hydrogens (tertiary/aromatic N) is 3. The number of likely N-dealkylation sites (N-methyl/N-ethyl adjacent to an activating group) is 2. The minimum atomic E-state index is -1.47. The van der Waals surface area contributed by atoms with E-state index in [1.54, 1.807) is 13.8 Å². The van der Waals surface area contributed by atoms with Crippen molar-refractivity contribution in [2.75, 3.05) is 55.4 Å². The number of ether oxygens (including phenoxy) is 8. The van der Waals surface area contributed by atoms with Crippen LogP contribution in [0.3, 0.4) is 0 Å². The van der Waals surface area contributed by atoms with E-state index < -0.39 is 97.1 Å². The fourth-order valence-corrected chi connectivity index (χ4v) is 10.3. The van der Waals surface area contributed by atoms with Crippen molar-refractivity contribution in [3.63, 3.8) is 0 Å². The summed E-state index contributed by atoms with van der Waals surface area (Å²) in [7, 11) is 11.4. The van der Waals surface area contributed by atoms with E-state index in [1.807, 2.05) is 66.9 Å². The minimum Gasteiger partial charge on any atom is -0.462 e. The van der Waals surface area contributed by atoms with Crippen LogP contribution in [0, 0.1) is 17.8 Å². The van der Waals surface area contributed by atoms with E-state index >= 15 is 0 Å². The number of aliphatic hydroxyl groups is 2. The number of esters is 3. The van der Waals surface area contributed by atoms with Gasteiger partial charge in [0, 0.05) is 39.3 Å². The van der Waals surface area contributed by atoms with Gasteiger partial charge in [0.1, 0.15) is 36.1 Å². The molecule has 4 rings (SSSR count). The minimum absolute atomic E-state index is 0.00357. The Morgan fingerprint density at radius 2 is 1.60 bits per heavy atom. The maximum absolute atomic E-state index is 13.6. The summed E-state index contributed by atoms with van der Waals surface area (Å²) < 4.78 is 50.5. The van der Waals surface area contributed by atoms with E-state index in [0.717, 1.165) is 19.4 Å². The highest BCUT2D eigenvalue weighted by Crippen LogP contribution is 2.38. The Balaban J connectivity index is 1.70. The van der Waals surface area contributed by atoms with Gasteiger partial charge < -0.3 is 62.8 Å². The number of aliphatic hydroxyl groups excluding tert-OH is 1. The molecule has 1 aromatic carbocycles. The Labute approximate surface area is 407 Å². The predicted octanol–water partition coefficient (Wildman–Crippen LogP) is 5.39. The van der Waals surface area contributed by atoms with Crippen molar-refractivity contribution in [2.45, 2.75) is 192 Å². The Bertz CT molecular complexity index is 1710. The van der Waals surface area contributed by atoms with Gasteiger partial charge in [0.2, 0.25) is 0 Å². The van der Waals surface area contributed by atoms with E-state index in [9.17, 15) is 24.6 Å². The zero-order valence-electron chi connectivity index (χ0n) is 43.6. The first kappa shape index (κ1) is 57.5. The van der Waals surface area contributed by atoms with Gasteiger partial charge in [0.05, 0.1) is 30.8 Å². The van der Waals surface area contributed by atoms with Gasteiger partial charge in [-0.3, -0.25) is 14.4 Å². The topological polar surface area (TPSA) is 175 Å². The number of rotatable bonds is 18. The molecule has 2 N–H and O–H groups in total. The molecule has 1 aromatic rings. The highest BCUT2D eigenvalue weighted by molar-refractivity contribution is 5.72. The molecule has 16 nitrogen and oxygen atoms in total. The number of hydrogen-bond acceptors (Lipinski definition) is 16. The van der Waals surface area contributed by atoms with Crippen LogP contribution < -0.4 is 0 Å². The summed E-state index contributed by atoms with van der Waals surface area (Å²) in [5.74, 6) is -1.64. The standard InChI is InChI=1S/C52H87N3O13/c1-32(2)28-42(57)66-50-36(6)63-44(31-52(50,8)60)67-47-35(5)64-51(46(59)45(47)54(11)12)68-48-39(25-27-55(13)26-19-23-38-21-16-15-17-22-38)29-33(3)40(53(9)10)24-18-20-34(4)62-43(58)30-41(49(48)61-14)65-37(7)56/h15-18,21-22,24,32-36,39-41,44-51,59-60H,19-20,23,25-31H2,1-14H3/b24-18+/t33-,34-,35-,36+,39+,40+,41-,44+,45-,46-,47?,48+,49+,50+,51+,52-/m1/s1. The highest BCUT2D eigenvalue weighted by atomic mass is 16.7. The van der Waals surface area contributed by atoms with Gasteiger partial charge in [0.15, 0.2) is 18.7 Å². The number of cyclic esters (lactones) is 1. The second-order valence-corrected chi connectivity index (χ2v) is 20.8. The van der Waals surface area contributed by atoms with Crippen LogP contribution in [-0.2, 0) is 58.7 Å². The smallest absolute Gasteiger partial charge is 0.309 e. The summed E-state index contributed by atoms with van der Waals surface area (Å²) in [5.41, 5.74) is -0.187. The van der Waals surface area contributed by atoms with Crippen LogP contribution in [-0.4, -0.2) is 183 Å². The monoisotopic (exact) mass is 962 g/mol. The third-order valence-corrected chi connectivity index (χ3v) is 13.6. The van der Waals surface area contributed by atoms with Gasteiger partial charge in [-0.1, -0.05) is 63.3 Å². The van der Waals surface area contributed by atoms with Crippen molar-refractivity contribution in [3.05, 3.63) is 48.0 Å². The summed E-state index contributed by atoms with van der Waals surface area (Å²) in [6.07, 6.45) is -2.02. The van der Waals surface area contributed by atoms with Gasteiger partial charge in [-0.05, 0) is 125 Å². The van der Waals surface area contributed by atoms with E-state index in [0.29, 0.717) is 25.8 Å². The molecule has 0 bridgehead atoms. The van der Waals surface area contributed by atoms with Gasteiger partial charge in [-0.25, -0.2) is 0 Å². The van der Waals surface area contributed by atoms with E-state index in [-0.39, 0.29) is 43.1 Å². The van der Waals surface area contributed by atoms with Crippen LogP contribution in [0.2, 0.25) is 0 Å². The molecule has 388 valence electrons. The summed E-state index contributed by atoms with van der Waals surface area (Å²) in [5, 5.41) is 24.1.